The Balaban J connectivity index is 1.71. The van der Waals surface area contributed by atoms with Crippen LogP contribution in [0.15, 0.2) is 54.1 Å². The highest BCUT2D eigenvalue weighted by atomic mass is 35.5. The van der Waals surface area contributed by atoms with Crippen molar-refractivity contribution in [1.29, 1.82) is 0 Å². The number of hydrogen-bond donors (Lipinski definition) is 1. The van der Waals surface area contributed by atoms with Crippen LogP contribution in [0.5, 0.6) is 5.75 Å². The Morgan fingerprint density at radius 1 is 1.35 bits per heavy atom. The molecule has 0 saturated carbocycles. The number of aromatic nitrogens is 4. The number of carbonyl (C=O) groups excluding carboxylic acids is 1. The lowest BCUT2D eigenvalue weighted by molar-refractivity contribution is -0.115. The minimum atomic E-state index is -0.402. The first-order valence-electron chi connectivity index (χ1n) is 7.70. The van der Waals surface area contributed by atoms with Crippen molar-refractivity contribution >= 4 is 35.1 Å². The Bertz CT molecular complexity index is 900. The van der Waals surface area contributed by atoms with Crippen molar-refractivity contribution in [3.63, 3.8) is 0 Å². The maximum atomic E-state index is 12.4. The predicted octanol–water partition coefficient (Wildman–Crippen LogP) is 3.44. The average molecular weight is 390 g/mol. The molecule has 1 amide bonds. The highest BCUT2D eigenvalue weighted by Crippen LogP contribution is 2.26. The summed E-state index contributed by atoms with van der Waals surface area (Å²) in [4.78, 5) is 16.5. The Kier molecular flexibility index (Phi) is 5.75. The minimum absolute atomic E-state index is 0.190. The van der Waals surface area contributed by atoms with Crippen LogP contribution in [0.3, 0.4) is 0 Å². The molecule has 0 aliphatic carbocycles. The molecule has 2 heterocycles. The highest BCUT2D eigenvalue weighted by Gasteiger charge is 2.19. The third-order valence-corrected chi connectivity index (χ3v) is 4.76. The normalized spacial score (nSPS) is 11.8. The van der Waals surface area contributed by atoms with Crippen LogP contribution in [-0.4, -0.2) is 38.0 Å². The lowest BCUT2D eigenvalue weighted by atomic mass is 10.3. The zero-order chi connectivity index (χ0) is 18.5. The molecule has 2 aromatic heterocycles. The fourth-order valence-electron chi connectivity index (χ4n) is 2.13. The number of methoxy groups -OCH3 is 1. The monoisotopic (exact) mass is 389 g/mol. The summed E-state index contributed by atoms with van der Waals surface area (Å²) in [5, 5.41) is 11.5. The molecular formula is C17H16ClN5O2S. The number of pyridine rings is 1. The van der Waals surface area contributed by atoms with Crippen molar-refractivity contribution < 1.29 is 9.53 Å². The minimum Gasteiger partial charge on any atom is -0.497 e. The van der Waals surface area contributed by atoms with Crippen LogP contribution in [0.1, 0.15) is 6.92 Å². The van der Waals surface area contributed by atoms with Gasteiger partial charge in [-0.1, -0.05) is 29.4 Å². The fourth-order valence-corrected chi connectivity index (χ4v) is 3.09. The molecule has 3 aromatic rings. The van der Waals surface area contributed by atoms with Gasteiger partial charge in [0.05, 0.1) is 23.1 Å². The predicted molar refractivity (Wildman–Crippen MR) is 101 cm³/mol. The molecule has 9 heteroatoms. The van der Waals surface area contributed by atoms with Gasteiger partial charge in [0.15, 0.2) is 5.16 Å². The van der Waals surface area contributed by atoms with E-state index < -0.39 is 5.25 Å². The first-order chi connectivity index (χ1) is 12.6. The van der Waals surface area contributed by atoms with Gasteiger partial charge in [0.25, 0.3) is 0 Å². The van der Waals surface area contributed by atoms with Gasteiger partial charge < -0.3 is 10.1 Å². The van der Waals surface area contributed by atoms with Crippen molar-refractivity contribution in [2.75, 3.05) is 12.4 Å². The SMILES string of the molecule is COc1cccc(-n2cnnc2S[C@@H](C)C(=O)Nc2ccc(Cl)cn2)c1. The highest BCUT2D eigenvalue weighted by molar-refractivity contribution is 8.00. The molecule has 3 rings (SSSR count). The summed E-state index contributed by atoms with van der Waals surface area (Å²) in [7, 11) is 1.61. The second-order valence-electron chi connectivity index (χ2n) is 5.30. The number of halogens is 1. The summed E-state index contributed by atoms with van der Waals surface area (Å²) < 4.78 is 7.05. The molecule has 7 nitrogen and oxygen atoms in total. The van der Waals surface area contributed by atoms with Gasteiger partial charge in [-0.3, -0.25) is 9.36 Å². The number of rotatable bonds is 6. The number of thioether (sulfide) groups is 1. The van der Waals surface area contributed by atoms with E-state index in [-0.39, 0.29) is 5.91 Å². The van der Waals surface area contributed by atoms with Crippen LogP contribution in [0.25, 0.3) is 5.69 Å². The van der Waals surface area contributed by atoms with Crippen LogP contribution in [0, 0.1) is 0 Å². The Morgan fingerprint density at radius 2 is 2.19 bits per heavy atom. The van der Waals surface area contributed by atoms with Crippen molar-refractivity contribution in [3.8, 4) is 11.4 Å². The first kappa shape index (κ1) is 18.2. The van der Waals surface area contributed by atoms with Gasteiger partial charge in [-0.15, -0.1) is 10.2 Å². The standard InChI is InChI=1S/C17H16ClN5O2S/c1-11(16(24)21-15-7-6-12(18)9-19-15)26-17-22-20-10-23(17)13-4-3-5-14(8-13)25-2/h3-11H,1-2H3,(H,19,21,24)/t11-/m0/s1. The summed E-state index contributed by atoms with van der Waals surface area (Å²) >= 11 is 7.09. The lowest BCUT2D eigenvalue weighted by Gasteiger charge is -2.12. The molecule has 0 aliphatic heterocycles. The molecule has 0 saturated heterocycles. The molecule has 0 aliphatic rings. The van der Waals surface area contributed by atoms with E-state index in [2.05, 4.69) is 20.5 Å². The van der Waals surface area contributed by atoms with Gasteiger partial charge in [0, 0.05) is 12.3 Å². The third-order valence-electron chi connectivity index (χ3n) is 3.48. The maximum absolute atomic E-state index is 12.4. The summed E-state index contributed by atoms with van der Waals surface area (Å²) in [6.45, 7) is 1.79. The van der Waals surface area contributed by atoms with Gasteiger partial charge in [0.1, 0.15) is 17.9 Å². The van der Waals surface area contributed by atoms with Gasteiger partial charge >= 0.3 is 0 Å². The Morgan fingerprint density at radius 3 is 2.92 bits per heavy atom. The number of ether oxygens (including phenoxy) is 1. The zero-order valence-corrected chi connectivity index (χ0v) is 15.7. The topological polar surface area (TPSA) is 81.9 Å². The summed E-state index contributed by atoms with van der Waals surface area (Å²) in [5.41, 5.74) is 0.851. The first-order valence-corrected chi connectivity index (χ1v) is 8.96. The molecule has 0 bridgehead atoms. The summed E-state index contributed by atoms with van der Waals surface area (Å²) in [5.74, 6) is 0.984. The quantitative estimate of drug-likeness (QED) is 0.650. The van der Waals surface area contributed by atoms with Crippen LogP contribution >= 0.6 is 23.4 Å². The van der Waals surface area contributed by atoms with Crippen LogP contribution in [0.4, 0.5) is 5.82 Å². The lowest BCUT2D eigenvalue weighted by Crippen LogP contribution is -2.23. The zero-order valence-electron chi connectivity index (χ0n) is 14.1. The van der Waals surface area contributed by atoms with E-state index in [1.807, 2.05) is 24.3 Å². The van der Waals surface area contributed by atoms with Crippen molar-refractivity contribution in [3.05, 3.63) is 53.9 Å². The van der Waals surface area contributed by atoms with Crippen molar-refractivity contribution in [2.45, 2.75) is 17.3 Å². The van der Waals surface area contributed by atoms with E-state index in [0.717, 1.165) is 11.4 Å². The summed E-state index contributed by atoms with van der Waals surface area (Å²) in [6.07, 6.45) is 3.08. The Hall–Kier alpha value is -2.58. The number of carbonyl (C=O) groups is 1. The fraction of sp³-hybridized carbons (Fsp3) is 0.176. The Labute approximate surface area is 159 Å². The molecule has 0 radical (unpaired) electrons. The molecule has 1 N–H and O–H groups in total. The van der Waals surface area contributed by atoms with Gasteiger partial charge in [-0.25, -0.2) is 4.98 Å². The average Bonchev–Trinajstić information content (AvgIpc) is 3.11. The second kappa shape index (κ2) is 8.20. The van der Waals surface area contributed by atoms with E-state index in [9.17, 15) is 4.79 Å². The number of anilines is 1. The third kappa shape index (κ3) is 4.33. The molecule has 1 atom stereocenters. The van der Waals surface area contributed by atoms with Gasteiger partial charge in [0.2, 0.25) is 5.91 Å². The number of nitrogens with one attached hydrogen (secondary N) is 1. The molecule has 0 spiro atoms. The second-order valence-corrected chi connectivity index (χ2v) is 7.04. The van der Waals surface area contributed by atoms with E-state index in [1.54, 1.807) is 37.1 Å². The van der Waals surface area contributed by atoms with Gasteiger partial charge in [-0.2, -0.15) is 0 Å². The number of amides is 1. The number of hydrogen-bond acceptors (Lipinski definition) is 6. The largest absolute Gasteiger partial charge is 0.497 e. The van der Waals surface area contributed by atoms with E-state index >= 15 is 0 Å². The molecule has 0 unspecified atom stereocenters. The molecule has 134 valence electrons. The molecule has 0 fully saturated rings. The van der Waals surface area contributed by atoms with E-state index in [4.69, 9.17) is 16.3 Å². The molecule has 26 heavy (non-hydrogen) atoms. The van der Waals surface area contributed by atoms with Gasteiger partial charge in [-0.05, 0) is 31.2 Å². The van der Waals surface area contributed by atoms with Crippen LogP contribution in [0.2, 0.25) is 5.02 Å². The number of nitrogens with zero attached hydrogens (tertiary/aromatic N) is 4. The van der Waals surface area contributed by atoms with Crippen molar-refractivity contribution in [1.82, 2.24) is 19.7 Å². The van der Waals surface area contributed by atoms with E-state index in [0.29, 0.717) is 16.0 Å². The molecule has 1 aromatic carbocycles. The maximum Gasteiger partial charge on any atom is 0.238 e. The van der Waals surface area contributed by atoms with E-state index in [1.165, 1.54) is 18.0 Å². The van der Waals surface area contributed by atoms with Crippen molar-refractivity contribution in [2.24, 2.45) is 0 Å². The smallest absolute Gasteiger partial charge is 0.238 e. The molecular weight excluding hydrogens is 374 g/mol. The summed E-state index contributed by atoms with van der Waals surface area (Å²) in [6, 6.07) is 10.8. The van der Waals surface area contributed by atoms with Crippen LogP contribution < -0.4 is 10.1 Å². The number of benzene rings is 1. The van der Waals surface area contributed by atoms with Crippen LogP contribution in [-0.2, 0) is 4.79 Å².